The summed E-state index contributed by atoms with van der Waals surface area (Å²) in [6, 6.07) is 3.43. The lowest BCUT2D eigenvalue weighted by atomic mass is 9.74. The molecule has 1 saturated heterocycles. The number of aromatic nitrogens is 1. The molecule has 1 saturated carbocycles. The van der Waals surface area contributed by atoms with E-state index in [0.29, 0.717) is 46.8 Å². The number of methoxy groups -OCH3 is 3. The number of amides is 1. The molecule has 0 bridgehead atoms. The molecule has 1 aromatic carbocycles. The van der Waals surface area contributed by atoms with Gasteiger partial charge in [-0.15, -0.1) is 0 Å². The summed E-state index contributed by atoms with van der Waals surface area (Å²) in [5.74, 6) is -1.48. The summed E-state index contributed by atoms with van der Waals surface area (Å²) in [7, 11) is 4.51. The summed E-state index contributed by atoms with van der Waals surface area (Å²) < 4.78 is 21.6. The van der Waals surface area contributed by atoms with E-state index in [2.05, 4.69) is 9.98 Å². The SMILES string of the molecule is COc1cc2cc(C(=O)N3C[C@H]4CC45C3=CC(=O)C3=NC(C)(OC(C)=O)C(=O)C35)[nH]c2c(OC)c1OC. The quantitative estimate of drug-likeness (QED) is 0.607. The molecule has 2 fully saturated rings. The van der Waals surface area contributed by atoms with Gasteiger partial charge in [-0.1, -0.05) is 0 Å². The molecule has 1 aromatic heterocycles. The number of aliphatic imine (C=N–C) groups is 1. The van der Waals surface area contributed by atoms with Crippen molar-refractivity contribution in [3.63, 3.8) is 0 Å². The highest BCUT2D eigenvalue weighted by Crippen LogP contribution is 2.71. The van der Waals surface area contributed by atoms with Crippen LogP contribution in [-0.4, -0.2) is 72.6 Å². The Balaban J connectivity index is 1.38. The van der Waals surface area contributed by atoms with E-state index in [4.69, 9.17) is 18.9 Å². The van der Waals surface area contributed by atoms with Crippen LogP contribution in [0.4, 0.5) is 0 Å². The van der Waals surface area contributed by atoms with E-state index < -0.39 is 34.6 Å². The van der Waals surface area contributed by atoms with Gasteiger partial charge >= 0.3 is 5.97 Å². The molecule has 3 unspecified atom stereocenters. The Morgan fingerprint density at radius 2 is 1.84 bits per heavy atom. The van der Waals surface area contributed by atoms with Crippen molar-refractivity contribution in [3.05, 3.63) is 29.6 Å². The van der Waals surface area contributed by atoms with Crippen molar-refractivity contribution in [3.8, 4) is 17.2 Å². The second kappa shape index (κ2) is 7.44. The van der Waals surface area contributed by atoms with E-state index in [9.17, 15) is 19.2 Å². The van der Waals surface area contributed by atoms with Crippen molar-refractivity contribution in [2.24, 2.45) is 22.2 Å². The monoisotopic (exact) mass is 507 g/mol. The van der Waals surface area contributed by atoms with Crippen LogP contribution in [0.15, 0.2) is 28.9 Å². The van der Waals surface area contributed by atoms with E-state index in [1.54, 1.807) is 17.0 Å². The normalized spacial score (nSPS) is 29.3. The number of allylic oxidation sites excluding steroid dienone is 2. The zero-order chi connectivity index (χ0) is 26.4. The maximum atomic E-state index is 13.8. The Hall–Kier alpha value is -4.15. The number of nitrogens with one attached hydrogen (secondary N) is 1. The zero-order valence-electron chi connectivity index (χ0n) is 21.0. The summed E-state index contributed by atoms with van der Waals surface area (Å²) in [6.45, 7) is 2.96. The van der Waals surface area contributed by atoms with Crippen LogP contribution in [0, 0.1) is 17.3 Å². The van der Waals surface area contributed by atoms with Crippen molar-refractivity contribution in [2.75, 3.05) is 27.9 Å². The molecular weight excluding hydrogens is 482 g/mol. The van der Waals surface area contributed by atoms with E-state index >= 15 is 0 Å². The number of fused-ring (bicyclic) bond motifs is 2. The van der Waals surface area contributed by atoms with Gasteiger partial charge in [0.05, 0.1) is 38.5 Å². The Labute approximate surface area is 211 Å². The van der Waals surface area contributed by atoms with E-state index in [-0.39, 0.29) is 23.2 Å². The first-order chi connectivity index (χ1) is 17.6. The molecular formula is C26H25N3O8. The maximum absolute atomic E-state index is 13.8. The number of carbonyl (C=O) groups excluding carboxylic acids is 4. The number of aromatic amines is 1. The largest absolute Gasteiger partial charge is 0.493 e. The molecule has 192 valence electrons. The van der Waals surface area contributed by atoms with Gasteiger partial charge in [0.15, 0.2) is 11.5 Å². The molecule has 11 nitrogen and oxygen atoms in total. The fraction of sp³-hybridized carbons (Fsp3) is 0.423. The average Bonchev–Trinajstić information content (AvgIpc) is 3.11. The predicted octanol–water partition coefficient (Wildman–Crippen LogP) is 2.04. The molecule has 6 rings (SSSR count). The number of Topliss-reactive ketones (excluding diaryl/α,β-unsaturated/α-hetero) is 1. The fourth-order valence-electron chi connectivity index (χ4n) is 6.34. The lowest BCUT2D eigenvalue weighted by Crippen LogP contribution is -2.45. The molecule has 2 aromatic rings. The molecule has 2 aliphatic heterocycles. The van der Waals surface area contributed by atoms with Crippen LogP contribution >= 0.6 is 0 Å². The highest BCUT2D eigenvalue weighted by molar-refractivity contribution is 6.51. The van der Waals surface area contributed by atoms with Gasteiger partial charge in [0.2, 0.25) is 17.3 Å². The molecule has 11 heteroatoms. The second-order valence-corrected chi connectivity index (χ2v) is 9.91. The number of hydrogen-bond acceptors (Lipinski definition) is 9. The number of ketones is 2. The summed E-state index contributed by atoms with van der Waals surface area (Å²) in [6.07, 6.45) is 2.05. The first kappa shape index (κ1) is 23.3. The van der Waals surface area contributed by atoms with Gasteiger partial charge in [0, 0.05) is 43.0 Å². The highest BCUT2D eigenvalue weighted by atomic mass is 16.6. The Morgan fingerprint density at radius 3 is 2.49 bits per heavy atom. The van der Waals surface area contributed by atoms with Gasteiger partial charge in [-0.25, -0.2) is 4.99 Å². The van der Waals surface area contributed by atoms with Gasteiger partial charge in [-0.05, 0) is 24.5 Å². The highest BCUT2D eigenvalue weighted by Gasteiger charge is 2.75. The number of likely N-dealkylation sites (tertiary alicyclic amines) is 1. The summed E-state index contributed by atoms with van der Waals surface area (Å²) in [5, 5.41) is 0.683. The van der Waals surface area contributed by atoms with Gasteiger partial charge in [0.25, 0.3) is 11.6 Å². The molecule has 4 aliphatic rings. The van der Waals surface area contributed by atoms with Crippen LogP contribution in [0.2, 0.25) is 0 Å². The van der Waals surface area contributed by atoms with Crippen molar-refractivity contribution >= 4 is 40.1 Å². The minimum atomic E-state index is -1.74. The van der Waals surface area contributed by atoms with Gasteiger partial charge in [0.1, 0.15) is 5.69 Å². The van der Waals surface area contributed by atoms with Crippen molar-refractivity contribution < 1.29 is 38.1 Å². The maximum Gasteiger partial charge on any atom is 0.305 e. The number of nitrogens with zero attached hydrogens (tertiary/aromatic N) is 2. The standard InChI is InChI=1S/C26H25N3O8/c1-11(30)37-25(2)23(32)18-20(28-25)15(31)8-17-26(18)9-13(26)10-29(17)24(33)14-6-12-7-16(34-3)21(35-4)22(36-5)19(12)27-14/h6-8,13,18,27H,9-10H2,1-5H3/t13-,18?,25?,26?/m1/s1. The average molecular weight is 507 g/mol. The van der Waals surface area contributed by atoms with Crippen molar-refractivity contribution in [1.82, 2.24) is 9.88 Å². The smallest absolute Gasteiger partial charge is 0.305 e. The van der Waals surface area contributed by atoms with Crippen molar-refractivity contribution in [1.29, 1.82) is 0 Å². The lowest BCUT2D eigenvalue weighted by Gasteiger charge is -2.31. The molecule has 1 spiro atoms. The number of hydrogen-bond donors (Lipinski definition) is 1. The summed E-state index contributed by atoms with van der Waals surface area (Å²) >= 11 is 0. The first-order valence-electron chi connectivity index (χ1n) is 11.8. The third-order valence-electron chi connectivity index (χ3n) is 7.92. The van der Waals surface area contributed by atoms with Crippen LogP contribution in [-0.2, 0) is 19.1 Å². The minimum Gasteiger partial charge on any atom is -0.493 e. The second-order valence-electron chi connectivity index (χ2n) is 9.91. The molecule has 2 aliphatic carbocycles. The summed E-state index contributed by atoms with van der Waals surface area (Å²) in [4.78, 5) is 60.9. The molecule has 0 radical (unpaired) electrons. The first-order valence-corrected chi connectivity index (χ1v) is 11.8. The topological polar surface area (TPSA) is 137 Å². The third-order valence-corrected chi connectivity index (χ3v) is 7.92. The molecule has 1 amide bonds. The van der Waals surface area contributed by atoms with Crippen molar-refractivity contribution in [2.45, 2.75) is 26.0 Å². The van der Waals surface area contributed by atoms with Crippen LogP contribution in [0.3, 0.4) is 0 Å². The third kappa shape index (κ3) is 2.90. The van der Waals surface area contributed by atoms with Gasteiger partial charge < -0.3 is 28.8 Å². The van der Waals surface area contributed by atoms with Crippen LogP contribution in [0.25, 0.3) is 10.9 Å². The Kier molecular flexibility index (Phi) is 4.67. The Bertz CT molecular complexity index is 1500. The van der Waals surface area contributed by atoms with Crippen LogP contribution < -0.4 is 14.2 Å². The number of ether oxygens (including phenoxy) is 4. The van der Waals surface area contributed by atoms with E-state index in [1.807, 2.05) is 0 Å². The molecule has 4 atom stereocenters. The number of benzene rings is 1. The number of piperidine rings is 1. The van der Waals surface area contributed by atoms with Gasteiger partial charge in [-0.3, -0.25) is 19.2 Å². The van der Waals surface area contributed by atoms with Gasteiger partial charge in [-0.2, -0.15) is 0 Å². The number of rotatable bonds is 5. The van der Waals surface area contributed by atoms with Crippen LogP contribution in [0.1, 0.15) is 30.8 Å². The number of carbonyl (C=O) groups is 4. The van der Waals surface area contributed by atoms with Crippen LogP contribution in [0.5, 0.6) is 17.2 Å². The Morgan fingerprint density at radius 1 is 1.11 bits per heavy atom. The predicted molar refractivity (Wildman–Crippen MR) is 129 cm³/mol. The molecule has 37 heavy (non-hydrogen) atoms. The zero-order valence-corrected chi connectivity index (χ0v) is 21.0. The molecule has 3 heterocycles. The summed E-state index contributed by atoms with van der Waals surface area (Å²) in [5.41, 5.74) is -0.977. The number of H-pyrrole nitrogens is 1. The van der Waals surface area contributed by atoms with E-state index in [1.165, 1.54) is 41.3 Å². The minimum absolute atomic E-state index is 0.00581. The fourth-order valence-corrected chi connectivity index (χ4v) is 6.34. The number of esters is 1. The molecule has 1 N–H and O–H groups in total. The van der Waals surface area contributed by atoms with E-state index in [0.717, 1.165) is 0 Å². The lowest BCUT2D eigenvalue weighted by molar-refractivity contribution is -0.163.